The molecule has 474 valence electrons. The van der Waals surface area contributed by atoms with Crippen LogP contribution in [0, 0.1) is 17.8 Å². The largest absolute Gasteiger partial charge is 0.345 e. The molecule has 0 radical (unpaired) electrons. The molecule has 3 amide bonds. The summed E-state index contributed by atoms with van der Waals surface area (Å²) in [6, 6.07) is 17.2. The van der Waals surface area contributed by atoms with Crippen LogP contribution in [0.3, 0.4) is 0 Å². The Morgan fingerprint density at radius 2 is 0.750 bits per heavy atom. The van der Waals surface area contributed by atoms with Gasteiger partial charge in [0.1, 0.15) is 17.5 Å². The van der Waals surface area contributed by atoms with Crippen LogP contribution in [-0.4, -0.2) is 132 Å². The van der Waals surface area contributed by atoms with Crippen LogP contribution < -0.4 is 0 Å². The number of hydrogen-bond donors (Lipinski definition) is 1. The van der Waals surface area contributed by atoms with E-state index in [1.807, 2.05) is 73.2 Å². The van der Waals surface area contributed by atoms with Crippen LogP contribution in [0.25, 0.3) is 30.6 Å². The minimum absolute atomic E-state index is 0. The summed E-state index contributed by atoms with van der Waals surface area (Å²) in [5.74, 6) is 1.67. The molecule has 26 heteroatoms. The zero-order valence-corrected chi connectivity index (χ0v) is 59.3. The molecule has 9 rings (SSSR count). The van der Waals surface area contributed by atoms with Crippen molar-refractivity contribution in [3.8, 4) is 0 Å². The molecule has 6 heterocycles. The van der Waals surface area contributed by atoms with Gasteiger partial charge < -0.3 is 14.7 Å². The Kier molecular flexibility index (Phi) is 32.0. The normalized spacial score (nSPS) is 11.9. The molecular formula is C62H80F2N12O3S9. The van der Waals surface area contributed by atoms with Gasteiger partial charge >= 0.3 is 0 Å². The minimum atomic E-state index is -2.46. The Labute approximate surface area is 562 Å². The number of benzene rings is 3. The maximum Gasteiger partial charge on any atom is 0.289 e. The monoisotopic (exact) mass is 1370 g/mol. The second-order valence-electron chi connectivity index (χ2n) is 21.6. The van der Waals surface area contributed by atoms with Crippen LogP contribution in [0.1, 0.15) is 123 Å². The van der Waals surface area contributed by atoms with Crippen molar-refractivity contribution >= 4 is 159 Å². The lowest BCUT2D eigenvalue weighted by molar-refractivity contribution is 0.0820. The number of halogens is 2. The third kappa shape index (κ3) is 23.6. The first-order valence-electron chi connectivity index (χ1n) is 28.1. The maximum absolute atomic E-state index is 12.3. The Morgan fingerprint density at radius 3 is 1.03 bits per heavy atom. The Bertz CT molecular complexity index is 3610. The fourth-order valence-corrected chi connectivity index (χ4v) is 12.7. The van der Waals surface area contributed by atoms with E-state index in [9.17, 15) is 23.2 Å². The van der Waals surface area contributed by atoms with Gasteiger partial charge in [-0.25, -0.2) is 44.9 Å². The molecule has 0 aliphatic heterocycles. The highest BCUT2D eigenvalue weighted by Gasteiger charge is 2.17. The first-order valence-corrected chi connectivity index (χ1v) is 33.1. The highest BCUT2D eigenvalue weighted by molar-refractivity contribution is 7.99. The molecule has 0 bridgehead atoms. The van der Waals surface area contributed by atoms with E-state index in [1.54, 1.807) is 115 Å². The number of thiazole rings is 3. The third-order valence-electron chi connectivity index (χ3n) is 13.9. The Balaban J connectivity index is 0.000000278. The molecule has 0 aliphatic carbocycles. The number of rotatable bonds is 24. The molecule has 9 aromatic rings. The van der Waals surface area contributed by atoms with E-state index < -0.39 is 5.76 Å². The predicted octanol–water partition coefficient (Wildman–Crippen LogP) is 14.6. The molecule has 0 aliphatic rings. The van der Waals surface area contributed by atoms with Gasteiger partial charge in [0.25, 0.3) is 23.5 Å². The van der Waals surface area contributed by atoms with E-state index in [0.717, 1.165) is 144 Å². The summed E-state index contributed by atoms with van der Waals surface area (Å²) >= 11 is 11.3. The molecule has 15 nitrogen and oxygen atoms in total. The highest BCUT2D eigenvalue weighted by atomic mass is 32.2. The number of carbonyl (C=O) groups excluding carboxylic acids is 3. The summed E-state index contributed by atoms with van der Waals surface area (Å²) in [6.45, 7) is 6.72. The van der Waals surface area contributed by atoms with Gasteiger partial charge in [-0.15, -0.1) is 58.4 Å². The molecule has 88 heavy (non-hydrogen) atoms. The quantitative estimate of drug-likeness (QED) is 0.0446. The van der Waals surface area contributed by atoms with E-state index in [0.29, 0.717) is 56.9 Å². The average molecular weight is 1370 g/mol. The van der Waals surface area contributed by atoms with Crippen molar-refractivity contribution in [2.24, 2.45) is 17.8 Å². The topological polar surface area (TPSA) is 177 Å². The maximum atomic E-state index is 12.3. The zero-order chi connectivity index (χ0) is 61.2. The second kappa shape index (κ2) is 37.3. The van der Waals surface area contributed by atoms with Gasteiger partial charge in [0, 0.05) is 130 Å². The van der Waals surface area contributed by atoms with Gasteiger partial charge in [0.05, 0.1) is 45.7 Å². The molecule has 0 N–H and O–H groups in total. The molecular weight excluding hydrogens is 1290 g/mol. The van der Waals surface area contributed by atoms with E-state index >= 15 is 0 Å². The summed E-state index contributed by atoms with van der Waals surface area (Å²) in [7, 11) is 10.6. The molecule has 3 atom stereocenters. The molecule has 6 aromatic heterocycles. The fourth-order valence-electron chi connectivity index (χ4n) is 8.77. The van der Waals surface area contributed by atoms with Gasteiger partial charge in [0.15, 0.2) is 0 Å². The van der Waals surface area contributed by atoms with Crippen LogP contribution in [-0.2, 0) is 38.5 Å². The predicted molar refractivity (Wildman–Crippen MR) is 378 cm³/mol. The van der Waals surface area contributed by atoms with Crippen molar-refractivity contribution in [3.63, 3.8) is 0 Å². The van der Waals surface area contributed by atoms with Gasteiger partial charge in [-0.3, -0.25) is 14.4 Å². The lowest BCUT2D eigenvalue weighted by Crippen LogP contribution is -2.21. The smallest absolute Gasteiger partial charge is 0.289 e. The van der Waals surface area contributed by atoms with Gasteiger partial charge in [-0.2, -0.15) is 49.3 Å². The highest BCUT2D eigenvalue weighted by Crippen LogP contribution is 2.30. The fraction of sp³-hybridized carbons (Fsp3) is 0.419. The minimum Gasteiger partial charge on any atom is -0.345 e. The molecule has 3 aromatic carbocycles. The van der Waals surface area contributed by atoms with Crippen LogP contribution >= 0.6 is 111 Å². The van der Waals surface area contributed by atoms with Gasteiger partial charge in [-0.05, 0) is 136 Å². The molecule has 0 saturated heterocycles. The van der Waals surface area contributed by atoms with Gasteiger partial charge in [0.2, 0.25) is 0 Å². The van der Waals surface area contributed by atoms with E-state index in [-0.39, 0.29) is 58.2 Å². The van der Waals surface area contributed by atoms with E-state index in [1.165, 1.54) is 12.4 Å². The Hall–Kier alpha value is -5.06. The first-order chi connectivity index (χ1) is 40.7. The van der Waals surface area contributed by atoms with Crippen LogP contribution in [0.2, 0.25) is 0 Å². The third-order valence-corrected chi connectivity index (χ3v) is 18.7. The summed E-state index contributed by atoms with van der Waals surface area (Å²) in [4.78, 5) is 83.4. The van der Waals surface area contributed by atoms with Crippen molar-refractivity contribution in [1.82, 2.24) is 59.6 Å². The lowest BCUT2D eigenvalue weighted by Gasteiger charge is -2.09. The molecule has 0 spiro atoms. The average Bonchev–Trinajstić information content (AvgIpc) is 2.05. The lowest BCUT2D eigenvalue weighted by atomic mass is 10.00. The summed E-state index contributed by atoms with van der Waals surface area (Å²) < 4.78 is 27.9. The van der Waals surface area contributed by atoms with Crippen molar-refractivity contribution < 1.29 is 23.2 Å². The number of thiol groups is 1. The molecule has 0 fully saturated rings. The molecule has 0 unspecified atom stereocenters. The van der Waals surface area contributed by atoms with E-state index in [2.05, 4.69) is 68.3 Å². The van der Waals surface area contributed by atoms with Crippen molar-refractivity contribution in [3.05, 3.63) is 141 Å². The first kappa shape index (κ1) is 75.4. The SMILES string of the molecule is CSc1cnc(CC[C@H](C)CCc2nc3ccc(C(=O)N(C)C)cc3s2)nc1.C[C@@H](CCc1ncc(S)cn1)CCc1nc2ccc(C(=O)N(C)C)cc2s1.C[C@@H](CCc1ncc(SC(F)F)cn1)CCc1nc2ccc(C(=O)N(C)C)cc2s1.S.S.S. The standard InChI is InChI=1S/C21H24F2N4OS2.C21H26N4OS2.C20H24N4OS2.3H2S/c1-13(4-8-18-24-11-15(12-25-18)29-21(22)23)5-9-19-26-16-7-6-14(10-17(16)30-19)20(28)27(2)3;1-14(5-9-19-22-12-16(27-4)13-23-19)6-10-20-24-17-8-7-15(11-18(17)28-20)21(26)25(2)3;1-13(4-8-18-21-11-15(26)12-22-18)5-9-19-23-16-7-6-14(10-17(16)27-19)20(25)24(2)3;;;/h6-7,10-13,21H,4-5,8-9H2,1-3H3;7-8,11-14H,5-6,9-10H2,1-4H3;6-7,10-13,26H,4-5,8-9H2,1-3H3;3*1H2/t13-;14-;13-;;;/m000.../s1. The van der Waals surface area contributed by atoms with Crippen LogP contribution in [0.15, 0.2) is 106 Å². The van der Waals surface area contributed by atoms with Crippen LogP contribution in [0.4, 0.5) is 8.78 Å². The number of thioether (sulfide) groups is 2. The number of carbonyl (C=O) groups is 3. The Morgan fingerprint density at radius 1 is 0.466 bits per heavy atom. The van der Waals surface area contributed by atoms with E-state index in [4.69, 9.17) is 9.97 Å². The number of hydrogen-bond acceptors (Lipinski definition) is 18. The number of fused-ring (bicyclic) bond motifs is 3. The zero-order valence-electron chi connectivity index (χ0n) is 51.3. The summed E-state index contributed by atoms with van der Waals surface area (Å²) in [6.07, 6.45) is 23.7. The number of amides is 3. The summed E-state index contributed by atoms with van der Waals surface area (Å²) in [5, 5.41) is 3.33. The van der Waals surface area contributed by atoms with Crippen LogP contribution in [0.5, 0.6) is 0 Å². The second-order valence-corrected chi connectivity index (χ2v) is 27.4. The van der Waals surface area contributed by atoms with Crippen molar-refractivity contribution in [2.45, 2.75) is 118 Å². The van der Waals surface area contributed by atoms with Crippen molar-refractivity contribution in [1.29, 1.82) is 0 Å². The number of aryl methyl sites for hydroxylation is 6. The van der Waals surface area contributed by atoms with Gasteiger partial charge in [-0.1, -0.05) is 32.5 Å². The number of alkyl halides is 2. The number of aromatic nitrogens is 9. The molecule has 0 saturated carbocycles. The van der Waals surface area contributed by atoms with Crippen molar-refractivity contribution in [2.75, 3.05) is 48.5 Å². The summed E-state index contributed by atoms with van der Waals surface area (Å²) in [5.41, 5.74) is 4.97. The number of nitrogens with zero attached hydrogens (tertiary/aromatic N) is 12.